The van der Waals surface area contributed by atoms with Gasteiger partial charge in [0.2, 0.25) is 10.0 Å². The van der Waals surface area contributed by atoms with Crippen LogP contribution in [0.1, 0.15) is 25.7 Å². The van der Waals surface area contributed by atoms with Crippen molar-refractivity contribution in [2.45, 2.75) is 36.6 Å². The van der Waals surface area contributed by atoms with Crippen LogP contribution >= 0.6 is 11.6 Å². The lowest BCUT2D eigenvalue weighted by Crippen LogP contribution is -2.36. The monoisotopic (exact) mass is 318 g/mol. The first-order chi connectivity index (χ1) is 9.46. The lowest BCUT2D eigenvalue weighted by Gasteiger charge is -2.24. The predicted octanol–water partition coefficient (Wildman–Crippen LogP) is 1.85. The molecule has 0 saturated carbocycles. The lowest BCUT2D eigenvalue weighted by molar-refractivity contribution is 0.264. The minimum Gasteiger partial charge on any atom is -0.398 e. The van der Waals surface area contributed by atoms with E-state index < -0.39 is 10.0 Å². The van der Waals surface area contributed by atoms with Crippen LogP contribution in [0.25, 0.3) is 0 Å². The number of benzene rings is 1. The molecule has 112 valence electrons. The molecule has 3 N–H and O–H groups in total. The third-order valence-corrected chi connectivity index (χ3v) is 5.82. The molecule has 1 unspecified atom stereocenters. The molecule has 0 spiro atoms. The van der Waals surface area contributed by atoms with Gasteiger partial charge in [-0.15, -0.1) is 0 Å². The molecule has 20 heavy (non-hydrogen) atoms. The maximum atomic E-state index is 12.7. The minimum absolute atomic E-state index is 0.0643. The van der Waals surface area contributed by atoms with E-state index in [4.69, 9.17) is 22.4 Å². The lowest BCUT2D eigenvalue weighted by atomic mass is 10.1. The van der Waals surface area contributed by atoms with Crippen LogP contribution in [-0.4, -0.2) is 37.0 Å². The van der Waals surface area contributed by atoms with Crippen molar-refractivity contribution in [2.75, 3.05) is 18.9 Å². The Hall–Kier alpha value is -0.820. The van der Waals surface area contributed by atoms with Crippen molar-refractivity contribution < 1.29 is 13.5 Å². The number of hydrogen-bond donors (Lipinski definition) is 2. The number of aliphatic hydroxyl groups is 1. The summed E-state index contributed by atoms with van der Waals surface area (Å²) in [5, 5.41) is 9.26. The number of halogens is 1. The maximum Gasteiger partial charge on any atom is 0.245 e. The average molecular weight is 319 g/mol. The van der Waals surface area contributed by atoms with Crippen molar-refractivity contribution in [2.24, 2.45) is 0 Å². The molecule has 0 amide bonds. The van der Waals surface area contributed by atoms with Crippen LogP contribution in [0.5, 0.6) is 0 Å². The predicted molar refractivity (Wildman–Crippen MR) is 79.1 cm³/mol. The molecule has 1 aliphatic rings. The Bertz CT molecular complexity index is 577. The third-order valence-electron chi connectivity index (χ3n) is 3.58. The summed E-state index contributed by atoms with van der Waals surface area (Å²) >= 11 is 5.88. The molecular formula is C13H19ClN2O3S. The van der Waals surface area contributed by atoms with Gasteiger partial charge in [0.15, 0.2) is 0 Å². The molecule has 1 aromatic carbocycles. The molecule has 7 heteroatoms. The summed E-state index contributed by atoms with van der Waals surface area (Å²) in [6.07, 6.45) is 2.91. The molecule has 0 aliphatic carbocycles. The molecule has 1 heterocycles. The van der Waals surface area contributed by atoms with E-state index >= 15 is 0 Å². The van der Waals surface area contributed by atoms with Gasteiger partial charge in [0.05, 0.1) is 5.69 Å². The van der Waals surface area contributed by atoms with Crippen molar-refractivity contribution in [1.82, 2.24) is 4.31 Å². The molecule has 1 saturated heterocycles. The molecule has 1 fully saturated rings. The number of hydrogen-bond acceptors (Lipinski definition) is 4. The van der Waals surface area contributed by atoms with Gasteiger partial charge >= 0.3 is 0 Å². The van der Waals surface area contributed by atoms with E-state index in [2.05, 4.69) is 0 Å². The fourth-order valence-corrected chi connectivity index (χ4v) is 4.70. The van der Waals surface area contributed by atoms with Gasteiger partial charge in [-0.25, -0.2) is 8.42 Å². The number of rotatable bonds is 5. The van der Waals surface area contributed by atoms with Crippen LogP contribution < -0.4 is 5.73 Å². The van der Waals surface area contributed by atoms with E-state index in [-0.39, 0.29) is 23.2 Å². The smallest absolute Gasteiger partial charge is 0.245 e. The minimum atomic E-state index is -3.63. The molecule has 2 rings (SSSR count). The first kappa shape index (κ1) is 15.6. The summed E-state index contributed by atoms with van der Waals surface area (Å²) in [4.78, 5) is 0.0703. The van der Waals surface area contributed by atoms with Crippen LogP contribution in [-0.2, 0) is 10.0 Å². The molecule has 0 aromatic heterocycles. The van der Waals surface area contributed by atoms with Crippen molar-refractivity contribution >= 4 is 27.3 Å². The number of anilines is 1. The zero-order valence-corrected chi connectivity index (χ0v) is 12.7. The Morgan fingerprint density at radius 2 is 2.20 bits per heavy atom. The van der Waals surface area contributed by atoms with Gasteiger partial charge in [0.25, 0.3) is 0 Å². The normalized spacial score (nSPS) is 20.4. The van der Waals surface area contributed by atoms with Crippen molar-refractivity contribution in [3.63, 3.8) is 0 Å². The van der Waals surface area contributed by atoms with E-state index in [1.807, 2.05) is 0 Å². The number of sulfonamides is 1. The van der Waals surface area contributed by atoms with Gasteiger partial charge in [0, 0.05) is 24.2 Å². The van der Waals surface area contributed by atoms with Crippen LogP contribution in [0.2, 0.25) is 5.02 Å². The van der Waals surface area contributed by atoms with Gasteiger partial charge in [-0.2, -0.15) is 4.31 Å². The molecule has 1 aliphatic heterocycles. The third kappa shape index (κ3) is 3.09. The van der Waals surface area contributed by atoms with Gasteiger partial charge in [0.1, 0.15) is 4.90 Å². The van der Waals surface area contributed by atoms with Crippen molar-refractivity contribution in [1.29, 1.82) is 0 Å². The van der Waals surface area contributed by atoms with Crippen LogP contribution in [0.4, 0.5) is 5.69 Å². The largest absolute Gasteiger partial charge is 0.398 e. The van der Waals surface area contributed by atoms with Gasteiger partial charge < -0.3 is 10.8 Å². The highest BCUT2D eigenvalue weighted by molar-refractivity contribution is 7.89. The number of nitrogens with two attached hydrogens (primary N) is 1. The molecule has 0 bridgehead atoms. The number of aliphatic hydroxyl groups excluding tert-OH is 1. The van der Waals surface area contributed by atoms with Crippen molar-refractivity contribution in [3.8, 4) is 0 Å². The maximum absolute atomic E-state index is 12.7. The van der Waals surface area contributed by atoms with E-state index in [9.17, 15) is 8.42 Å². The summed E-state index contributed by atoms with van der Waals surface area (Å²) in [7, 11) is -3.63. The van der Waals surface area contributed by atoms with Crippen LogP contribution in [0.3, 0.4) is 0 Å². The number of nitrogen functional groups attached to an aromatic ring is 1. The zero-order valence-electron chi connectivity index (χ0n) is 11.1. The zero-order chi connectivity index (χ0) is 14.8. The Morgan fingerprint density at radius 1 is 1.45 bits per heavy atom. The quantitative estimate of drug-likeness (QED) is 0.811. The van der Waals surface area contributed by atoms with E-state index in [0.29, 0.717) is 24.4 Å². The van der Waals surface area contributed by atoms with E-state index in [0.717, 1.165) is 12.8 Å². The second-order valence-corrected chi connectivity index (χ2v) is 7.26. The SMILES string of the molecule is Nc1ccc(Cl)cc1S(=O)(=O)N1CCCC1CCCO. The second kappa shape index (κ2) is 6.30. The first-order valence-electron chi connectivity index (χ1n) is 6.64. The van der Waals surface area contributed by atoms with E-state index in [1.54, 1.807) is 6.07 Å². The highest BCUT2D eigenvalue weighted by Gasteiger charge is 2.35. The first-order valence-corrected chi connectivity index (χ1v) is 8.46. The van der Waals surface area contributed by atoms with Crippen molar-refractivity contribution in [3.05, 3.63) is 23.2 Å². The Morgan fingerprint density at radius 3 is 2.90 bits per heavy atom. The Kier molecular flexibility index (Phi) is 4.90. The van der Waals surface area contributed by atoms with Gasteiger partial charge in [-0.1, -0.05) is 11.6 Å². The van der Waals surface area contributed by atoms with Crippen LogP contribution in [0, 0.1) is 0 Å². The fraction of sp³-hybridized carbons (Fsp3) is 0.538. The topological polar surface area (TPSA) is 83.6 Å². The highest BCUT2D eigenvalue weighted by Crippen LogP contribution is 2.32. The summed E-state index contributed by atoms with van der Waals surface area (Å²) in [6, 6.07) is 4.41. The second-order valence-electron chi connectivity index (χ2n) is 4.96. The standard InChI is InChI=1S/C13H19ClN2O3S/c14-10-5-6-12(15)13(9-10)20(18,19)16-7-1-3-11(16)4-2-8-17/h5-6,9,11,17H,1-4,7-8,15H2. The van der Waals surface area contributed by atoms with Crippen LogP contribution in [0.15, 0.2) is 23.1 Å². The summed E-state index contributed by atoms with van der Waals surface area (Å²) in [6.45, 7) is 0.564. The van der Waals surface area contributed by atoms with Gasteiger partial charge in [-0.05, 0) is 43.9 Å². The molecule has 5 nitrogen and oxygen atoms in total. The fourth-order valence-electron chi connectivity index (χ4n) is 2.60. The molecule has 1 atom stereocenters. The molecule has 1 aromatic rings. The summed E-state index contributed by atoms with van der Waals surface area (Å²) < 4.78 is 26.9. The van der Waals surface area contributed by atoms with Gasteiger partial charge in [-0.3, -0.25) is 0 Å². The summed E-state index contributed by atoms with van der Waals surface area (Å²) in [5.41, 5.74) is 5.99. The number of nitrogens with zero attached hydrogens (tertiary/aromatic N) is 1. The average Bonchev–Trinajstić information content (AvgIpc) is 2.88. The summed E-state index contributed by atoms with van der Waals surface area (Å²) in [5.74, 6) is 0. The molecule has 0 radical (unpaired) electrons. The Labute approximate surface area is 124 Å². The Balaban J connectivity index is 2.31. The highest BCUT2D eigenvalue weighted by atomic mass is 35.5. The van der Waals surface area contributed by atoms with E-state index in [1.165, 1.54) is 16.4 Å². The molecular weight excluding hydrogens is 300 g/mol.